The molecule has 0 fully saturated rings. The highest BCUT2D eigenvalue weighted by molar-refractivity contribution is 5.54. The summed E-state index contributed by atoms with van der Waals surface area (Å²) in [5.74, 6) is -0.284. The Kier molecular flexibility index (Phi) is 4.52. The van der Waals surface area contributed by atoms with Crippen LogP contribution in [0, 0.1) is 5.82 Å². The summed E-state index contributed by atoms with van der Waals surface area (Å²) in [6, 6.07) is 4.86. The van der Waals surface area contributed by atoms with Crippen molar-refractivity contribution >= 4 is 5.69 Å². The smallest absolute Gasteiger partial charge is 0.146 e. The molecule has 0 aliphatic rings. The largest absolute Gasteiger partial charge is 0.395 e. The molecule has 0 saturated carbocycles. The van der Waals surface area contributed by atoms with Crippen LogP contribution in [0.2, 0.25) is 0 Å². The van der Waals surface area contributed by atoms with Gasteiger partial charge in [0.25, 0.3) is 0 Å². The Morgan fingerprint density at radius 2 is 2.20 bits per heavy atom. The second kappa shape index (κ2) is 5.68. The fraction of sp³-hybridized carbons (Fsp3) is 0.455. The minimum absolute atomic E-state index is 0.00614. The van der Waals surface area contributed by atoms with Crippen molar-refractivity contribution in [3.63, 3.8) is 0 Å². The van der Waals surface area contributed by atoms with Crippen LogP contribution in [0.5, 0.6) is 0 Å². The van der Waals surface area contributed by atoms with Gasteiger partial charge in [-0.05, 0) is 18.6 Å². The Balaban J connectivity index is 3.08. The van der Waals surface area contributed by atoms with E-state index in [1.54, 1.807) is 17.0 Å². The van der Waals surface area contributed by atoms with E-state index in [4.69, 9.17) is 10.8 Å². The normalized spacial score (nSPS) is 10.4. The molecule has 0 aliphatic carbocycles. The van der Waals surface area contributed by atoms with E-state index in [0.717, 1.165) is 5.56 Å². The number of nitrogens with zero attached hydrogens (tertiary/aromatic N) is 1. The molecule has 0 saturated heterocycles. The predicted molar refractivity (Wildman–Crippen MR) is 59.3 cm³/mol. The summed E-state index contributed by atoms with van der Waals surface area (Å²) in [6.45, 7) is 3.29. The van der Waals surface area contributed by atoms with Gasteiger partial charge in [-0.2, -0.15) is 0 Å². The van der Waals surface area contributed by atoms with Crippen molar-refractivity contribution in [2.75, 3.05) is 24.6 Å². The summed E-state index contributed by atoms with van der Waals surface area (Å²) in [6.07, 6.45) is 0. The summed E-state index contributed by atoms with van der Waals surface area (Å²) in [5.41, 5.74) is 6.83. The molecule has 3 N–H and O–H groups in total. The molecule has 0 aromatic heterocycles. The van der Waals surface area contributed by atoms with Crippen LogP contribution in [0.3, 0.4) is 0 Å². The van der Waals surface area contributed by atoms with Crippen LogP contribution in [0.1, 0.15) is 12.5 Å². The van der Waals surface area contributed by atoms with Gasteiger partial charge in [0.15, 0.2) is 0 Å². The highest BCUT2D eigenvalue weighted by Crippen LogP contribution is 2.23. The Morgan fingerprint density at radius 3 is 2.73 bits per heavy atom. The average Bonchev–Trinajstić information content (AvgIpc) is 2.26. The average molecular weight is 212 g/mol. The van der Waals surface area contributed by atoms with Gasteiger partial charge < -0.3 is 15.7 Å². The molecule has 4 heteroatoms. The summed E-state index contributed by atoms with van der Waals surface area (Å²) < 4.78 is 13.6. The van der Waals surface area contributed by atoms with Gasteiger partial charge >= 0.3 is 0 Å². The summed E-state index contributed by atoms with van der Waals surface area (Å²) in [7, 11) is 0. The zero-order valence-electron chi connectivity index (χ0n) is 8.91. The first-order valence-electron chi connectivity index (χ1n) is 5.07. The number of benzene rings is 1. The van der Waals surface area contributed by atoms with Crippen LogP contribution in [-0.4, -0.2) is 24.8 Å². The highest BCUT2D eigenvalue weighted by Gasteiger charge is 2.13. The third-order valence-corrected chi connectivity index (χ3v) is 2.36. The number of aliphatic hydroxyl groups excluding tert-OH is 1. The molecule has 0 heterocycles. The predicted octanol–water partition coefficient (Wildman–Crippen LogP) is 1.10. The van der Waals surface area contributed by atoms with Crippen molar-refractivity contribution in [2.45, 2.75) is 13.5 Å². The van der Waals surface area contributed by atoms with E-state index < -0.39 is 0 Å². The number of anilines is 1. The van der Waals surface area contributed by atoms with E-state index in [2.05, 4.69) is 0 Å². The van der Waals surface area contributed by atoms with E-state index in [9.17, 15) is 4.39 Å². The molecular formula is C11H17FN2O. The van der Waals surface area contributed by atoms with Crippen LogP contribution >= 0.6 is 0 Å². The molecule has 1 aromatic rings. The zero-order valence-corrected chi connectivity index (χ0v) is 8.91. The first kappa shape index (κ1) is 11.9. The highest BCUT2D eigenvalue weighted by atomic mass is 19.1. The Morgan fingerprint density at radius 1 is 1.47 bits per heavy atom. The van der Waals surface area contributed by atoms with Crippen LogP contribution in [0.25, 0.3) is 0 Å². The number of hydrogen-bond donors (Lipinski definition) is 2. The second-order valence-corrected chi connectivity index (χ2v) is 3.25. The van der Waals surface area contributed by atoms with Gasteiger partial charge in [-0.15, -0.1) is 0 Å². The van der Waals surface area contributed by atoms with Crippen molar-refractivity contribution in [3.05, 3.63) is 29.6 Å². The molecule has 0 atom stereocenters. The quantitative estimate of drug-likeness (QED) is 0.768. The standard InChI is InChI=1S/C11H17FN2O/c1-2-14(6-7-15)11-9(8-13)4-3-5-10(11)12/h3-5,15H,2,6-8,13H2,1H3. The molecule has 3 nitrogen and oxygen atoms in total. The molecule has 0 bridgehead atoms. The number of likely N-dealkylation sites (N-methyl/N-ethyl adjacent to an activating group) is 1. The summed E-state index contributed by atoms with van der Waals surface area (Å²) >= 11 is 0. The number of rotatable bonds is 5. The molecule has 15 heavy (non-hydrogen) atoms. The molecule has 84 valence electrons. The molecule has 1 aromatic carbocycles. The van der Waals surface area contributed by atoms with Gasteiger partial charge in [0.2, 0.25) is 0 Å². The molecule has 0 amide bonds. The molecule has 0 unspecified atom stereocenters. The van der Waals surface area contributed by atoms with E-state index in [-0.39, 0.29) is 12.4 Å². The van der Waals surface area contributed by atoms with Crippen molar-refractivity contribution in [3.8, 4) is 0 Å². The Labute approximate surface area is 89.3 Å². The lowest BCUT2D eigenvalue weighted by molar-refractivity contribution is 0.302. The van der Waals surface area contributed by atoms with Crippen molar-refractivity contribution in [1.29, 1.82) is 0 Å². The maximum absolute atomic E-state index is 13.6. The Hall–Kier alpha value is -1.13. The molecule has 1 rings (SSSR count). The van der Waals surface area contributed by atoms with E-state index >= 15 is 0 Å². The van der Waals surface area contributed by atoms with Gasteiger partial charge in [0.1, 0.15) is 5.82 Å². The van der Waals surface area contributed by atoms with Crippen molar-refractivity contribution < 1.29 is 9.50 Å². The molecule has 0 radical (unpaired) electrons. The van der Waals surface area contributed by atoms with Gasteiger partial charge in [-0.1, -0.05) is 12.1 Å². The van der Waals surface area contributed by atoms with Gasteiger partial charge in [-0.3, -0.25) is 0 Å². The van der Waals surface area contributed by atoms with Crippen molar-refractivity contribution in [1.82, 2.24) is 0 Å². The van der Waals surface area contributed by atoms with Gasteiger partial charge in [0.05, 0.1) is 12.3 Å². The second-order valence-electron chi connectivity index (χ2n) is 3.25. The first-order valence-corrected chi connectivity index (χ1v) is 5.07. The molecular weight excluding hydrogens is 195 g/mol. The summed E-state index contributed by atoms with van der Waals surface area (Å²) in [4.78, 5) is 1.79. The maximum atomic E-state index is 13.6. The van der Waals surface area contributed by atoms with Gasteiger partial charge in [-0.25, -0.2) is 4.39 Å². The third-order valence-electron chi connectivity index (χ3n) is 2.36. The zero-order chi connectivity index (χ0) is 11.3. The minimum Gasteiger partial charge on any atom is -0.395 e. The van der Waals surface area contributed by atoms with E-state index in [1.165, 1.54) is 6.07 Å². The van der Waals surface area contributed by atoms with Crippen LogP contribution in [0.4, 0.5) is 10.1 Å². The third kappa shape index (κ3) is 2.67. The number of para-hydroxylation sites is 1. The van der Waals surface area contributed by atoms with Crippen LogP contribution < -0.4 is 10.6 Å². The van der Waals surface area contributed by atoms with E-state index in [1.807, 2.05) is 6.92 Å². The number of halogens is 1. The van der Waals surface area contributed by atoms with E-state index in [0.29, 0.717) is 25.3 Å². The van der Waals surface area contributed by atoms with Crippen LogP contribution in [-0.2, 0) is 6.54 Å². The monoisotopic (exact) mass is 212 g/mol. The van der Waals surface area contributed by atoms with Crippen LogP contribution in [0.15, 0.2) is 18.2 Å². The molecule has 0 spiro atoms. The fourth-order valence-electron chi connectivity index (χ4n) is 1.63. The lowest BCUT2D eigenvalue weighted by Gasteiger charge is -2.25. The first-order chi connectivity index (χ1) is 7.24. The number of nitrogens with two attached hydrogens (primary N) is 1. The fourth-order valence-corrected chi connectivity index (χ4v) is 1.63. The molecule has 0 aliphatic heterocycles. The topological polar surface area (TPSA) is 49.5 Å². The van der Waals surface area contributed by atoms with Gasteiger partial charge in [0, 0.05) is 19.6 Å². The SMILES string of the molecule is CCN(CCO)c1c(F)cccc1CN. The number of hydrogen-bond acceptors (Lipinski definition) is 3. The lowest BCUT2D eigenvalue weighted by atomic mass is 10.1. The van der Waals surface area contributed by atoms with Crippen molar-refractivity contribution in [2.24, 2.45) is 5.73 Å². The Bertz CT molecular complexity index is 317. The minimum atomic E-state index is -0.284. The summed E-state index contributed by atoms with van der Waals surface area (Å²) in [5, 5.41) is 8.89. The number of aliphatic hydroxyl groups is 1. The maximum Gasteiger partial charge on any atom is 0.146 e. The lowest BCUT2D eigenvalue weighted by Crippen LogP contribution is -2.28.